The number of hydrogen-bond donors (Lipinski definition) is 2. The summed E-state index contributed by atoms with van der Waals surface area (Å²) in [4.78, 5) is 4.13. The van der Waals surface area contributed by atoms with Crippen LogP contribution >= 0.6 is 0 Å². The Kier molecular flexibility index (Phi) is 1.34. The van der Waals surface area contributed by atoms with E-state index in [2.05, 4.69) is 4.99 Å². The van der Waals surface area contributed by atoms with Gasteiger partial charge >= 0.3 is 0 Å². The quantitative estimate of drug-likeness (QED) is 0.632. The molecule has 4 nitrogen and oxygen atoms in total. The zero-order chi connectivity index (χ0) is 9.00. The normalized spacial score (nSPS) is 27.7. The minimum Gasteiger partial charge on any atom is -0.266 e. The second-order valence-corrected chi connectivity index (χ2v) is 4.36. The van der Waals surface area contributed by atoms with Crippen molar-refractivity contribution in [2.45, 2.75) is 25.7 Å². The minimum absolute atomic E-state index is 0.223. The van der Waals surface area contributed by atoms with Crippen LogP contribution in [0.25, 0.3) is 0 Å². The maximum atomic E-state index is 7.30. The van der Waals surface area contributed by atoms with Crippen LogP contribution in [0.3, 0.4) is 0 Å². The lowest BCUT2D eigenvalue weighted by Gasteiger charge is -2.32. The lowest BCUT2D eigenvalue weighted by molar-refractivity contribution is 0.453. The molecule has 0 aromatic carbocycles. The summed E-state index contributed by atoms with van der Waals surface area (Å²) < 4.78 is 0. The number of hydrogen-bond acceptors (Lipinski definition) is 2. The third kappa shape index (κ3) is 1.09. The molecule has 0 unspecified atom stereocenters. The summed E-state index contributed by atoms with van der Waals surface area (Å²) in [5.41, 5.74) is 0. The second kappa shape index (κ2) is 2.32. The van der Waals surface area contributed by atoms with Gasteiger partial charge in [-0.3, -0.25) is 5.41 Å². The molecule has 0 aromatic rings. The van der Waals surface area contributed by atoms with Crippen molar-refractivity contribution in [3.63, 3.8) is 0 Å². The molecule has 0 aromatic heterocycles. The average Bonchev–Trinajstić information content (AvgIpc) is 2.97. The molecule has 3 rings (SSSR count). The standard InChI is InChI=1S/C9H14N4/c10-9-12-8(13(9)11)7(5-1-2-5)6-3-4-6/h5-7,10H,1-4,11H2. The molecule has 3 aliphatic rings. The van der Waals surface area contributed by atoms with Crippen LogP contribution < -0.4 is 5.84 Å². The zero-order valence-corrected chi connectivity index (χ0v) is 7.53. The van der Waals surface area contributed by atoms with Gasteiger partial charge in [-0.1, -0.05) is 0 Å². The number of rotatable bonds is 3. The number of guanidine groups is 1. The first-order valence-corrected chi connectivity index (χ1v) is 4.99. The molecular formula is C9H14N4. The van der Waals surface area contributed by atoms with E-state index in [1.54, 1.807) is 0 Å². The number of amidine groups is 1. The molecule has 4 heteroatoms. The highest BCUT2D eigenvalue weighted by Gasteiger charge is 2.48. The van der Waals surface area contributed by atoms with Crippen molar-refractivity contribution in [2.75, 3.05) is 0 Å². The first kappa shape index (κ1) is 7.50. The van der Waals surface area contributed by atoms with Gasteiger partial charge in [0.05, 0.1) is 0 Å². The molecule has 1 heterocycles. The molecule has 70 valence electrons. The van der Waals surface area contributed by atoms with E-state index in [9.17, 15) is 0 Å². The predicted octanol–water partition coefficient (Wildman–Crippen LogP) is 0.945. The molecule has 3 N–H and O–H groups in total. The van der Waals surface area contributed by atoms with Crippen LogP contribution in [0.15, 0.2) is 4.99 Å². The van der Waals surface area contributed by atoms with Crippen molar-refractivity contribution >= 4 is 11.8 Å². The highest BCUT2D eigenvalue weighted by Crippen LogP contribution is 2.50. The Hall–Kier alpha value is -0.900. The molecule has 2 aliphatic carbocycles. The van der Waals surface area contributed by atoms with Crippen LogP contribution in [0.5, 0.6) is 0 Å². The highest BCUT2D eigenvalue weighted by molar-refractivity contribution is 6.13. The van der Waals surface area contributed by atoms with Gasteiger partial charge in [-0.15, -0.1) is 0 Å². The Morgan fingerprint density at radius 1 is 1.31 bits per heavy atom. The topological polar surface area (TPSA) is 65.5 Å². The van der Waals surface area contributed by atoms with Crippen molar-refractivity contribution < 1.29 is 0 Å². The first-order valence-electron chi connectivity index (χ1n) is 4.99. The van der Waals surface area contributed by atoms with Crippen LogP contribution in [0.1, 0.15) is 25.7 Å². The summed E-state index contributed by atoms with van der Waals surface area (Å²) in [6.07, 6.45) is 5.34. The SMILES string of the molecule is N=C1N=C(C(C2CC2)C2CC2)N1N. The lowest BCUT2D eigenvalue weighted by Crippen LogP contribution is -2.53. The Labute approximate surface area is 77.3 Å². The van der Waals surface area contributed by atoms with Gasteiger partial charge in [0.1, 0.15) is 5.84 Å². The number of nitrogens with one attached hydrogen (secondary N) is 1. The van der Waals surface area contributed by atoms with Crippen molar-refractivity contribution in [1.82, 2.24) is 5.01 Å². The van der Waals surface area contributed by atoms with Crippen LogP contribution in [-0.2, 0) is 0 Å². The zero-order valence-electron chi connectivity index (χ0n) is 7.53. The summed E-state index contributed by atoms with van der Waals surface area (Å²) in [7, 11) is 0. The van der Waals surface area contributed by atoms with Gasteiger partial charge in [0.2, 0.25) is 5.96 Å². The molecule has 0 spiro atoms. The third-order valence-electron chi connectivity index (χ3n) is 3.25. The molecular weight excluding hydrogens is 164 g/mol. The molecule has 0 radical (unpaired) electrons. The first-order chi connectivity index (χ1) is 6.27. The van der Waals surface area contributed by atoms with Gasteiger partial charge in [0.15, 0.2) is 0 Å². The summed E-state index contributed by atoms with van der Waals surface area (Å²) in [5, 5.41) is 8.76. The summed E-state index contributed by atoms with van der Waals surface area (Å²) in [6, 6.07) is 0. The van der Waals surface area contributed by atoms with Gasteiger partial charge in [-0.25, -0.2) is 10.9 Å². The summed E-state index contributed by atoms with van der Waals surface area (Å²) in [6.45, 7) is 0. The molecule has 0 saturated heterocycles. The maximum Gasteiger partial charge on any atom is 0.239 e. The van der Waals surface area contributed by atoms with Crippen molar-refractivity contribution in [1.29, 1.82) is 5.41 Å². The fourth-order valence-electron chi connectivity index (χ4n) is 2.23. The van der Waals surface area contributed by atoms with Crippen molar-refractivity contribution in [3.8, 4) is 0 Å². The smallest absolute Gasteiger partial charge is 0.239 e. The predicted molar refractivity (Wildman–Crippen MR) is 50.1 cm³/mol. The van der Waals surface area contributed by atoms with E-state index in [1.807, 2.05) is 0 Å². The van der Waals surface area contributed by atoms with E-state index in [-0.39, 0.29) is 5.96 Å². The molecule has 2 saturated carbocycles. The molecule has 0 amide bonds. The van der Waals surface area contributed by atoms with Gasteiger partial charge in [-0.05, 0) is 37.5 Å². The highest BCUT2D eigenvalue weighted by atomic mass is 15.6. The van der Waals surface area contributed by atoms with E-state index in [0.717, 1.165) is 17.7 Å². The average molecular weight is 178 g/mol. The second-order valence-electron chi connectivity index (χ2n) is 4.36. The summed E-state index contributed by atoms with van der Waals surface area (Å²) >= 11 is 0. The molecule has 13 heavy (non-hydrogen) atoms. The van der Waals surface area contributed by atoms with E-state index in [4.69, 9.17) is 11.3 Å². The lowest BCUT2D eigenvalue weighted by atomic mass is 9.95. The Balaban J connectivity index is 1.80. The number of nitrogens with two attached hydrogens (primary N) is 1. The molecule has 0 bridgehead atoms. The van der Waals surface area contributed by atoms with E-state index in [1.165, 1.54) is 30.7 Å². The molecule has 0 atom stereocenters. The Bertz CT molecular complexity index is 276. The fourth-order valence-corrected chi connectivity index (χ4v) is 2.23. The van der Waals surface area contributed by atoms with Crippen LogP contribution in [0.2, 0.25) is 0 Å². The molecule has 1 aliphatic heterocycles. The van der Waals surface area contributed by atoms with Crippen LogP contribution in [-0.4, -0.2) is 16.8 Å². The maximum absolute atomic E-state index is 7.30. The van der Waals surface area contributed by atoms with Gasteiger partial charge < -0.3 is 0 Å². The van der Waals surface area contributed by atoms with Gasteiger partial charge in [0, 0.05) is 5.92 Å². The number of aliphatic imine (C=N–C) groups is 1. The summed E-state index contributed by atoms with van der Waals surface area (Å²) in [5.74, 6) is 9.11. The van der Waals surface area contributed by atoms with Crippen LogP contribution in [0, 0.1) is 23.2 Å². The third-order valence-corrected chi connectivity index (χ3v) is 3.25. The fraction of sp³-hybridized carbons (Fsp3) is 0.778. The number of hydrazine groups is 1. The Morgan fingerprint density at radius 2 is 1.85 bits per heavy atom. The van der Waals surface area contributed by atoms with Gasteiger partial charge in [-0.2, -0.15) is 4.99 Å². The Morgan fingerprint density at radius 3 is 2.15 bits per heavy atom. The largest absolute Gasteiger partial charge is 0.266 e. The number of nitrogens with zero attached hydrogens (tertiary/aromatic N) is 2. The van der Waals surface area contributed by atoms with Gasteiger partial charge in [0.25, 0.3) is 0 Å². The van der Waals surface area contributed by atoms with Crippen LogP contribution in [0.4, 0.5) is 0 Å². The van der Waals surface area contributed by atoms with Crippen molar-refractivity contribution in [2.24, 2.45) is 28.6 Å². The minimum atomic E-state index is 0.223. The molecule has 2 fully saturated rings. The van der Waals surface area contributed by atoms with E-state index < -0.39 is 0 Å². The monoisotopic (exact) mass is 178 g/mol. The van der Waals surface area contributed by atoms with E-state index in [0.29, 0.717) is 5.92 Å². The van der Waals surface area contributed by atoms with Crippen molar-refractivity contribution in [3.05, 3.63) is 0 Å². The van der Waals surface area contributed by atoms with E-state index >= 15 is 0 Å².